The Morgan fingerprint density at radius 1 is 1.50 bits per heavy atom. The third-order valence-corrected chi connectivity index (χ3v) is 4.05. The van der Waals surface area contributed by atoms with E-state index >= 15 is 0 Å². The highest BCUT2D eigenvalue weighted by Crippen LogP contribution is 2.25. The van der Waals surface area contributed by atoms with E-state index in [1.165, 1.54) is 22.2 Å². The zero-order valence-corrected chi connectivity index (χ0v) is 11.0. The Balaban J connectivity index is 2.36. The highest BCUT2D eigenvalue weighted by atomic mass is 32.1. The normalized spacial score (nSPS) is 11.0. The van der Waals surface area contributed by atoms with Gasteiger partial charge in [0.25, 0.3) is 5.56 Å². The summed E-state index contributed by atoms with van der Waals surface area (Å²) in [6.45, 7) is 4.22. The van der Waals surface area contributed by atoms with Gasteiger partial charge in [-0.1, -0.05) is 0 Å². The number of hydrogen-bond donors (Lipinski definition) is 0. The standard InChI is InChI=1S/C12H14N2O3S/c1-7-8(2)18-11-10(7)12(17)14(6-13-11)5-3-4-9(15)16/h6H,3-5H2,1-2H3,(H,15,16)/p-1. The van der Waals surface area contributed by atoms with Gasteiger partial charge in [-0.15, -0.1) is 11.3 Å². The van der Waals surface area contributed by atoms with Crippen molar-refractivity contribution in [2.24, 2.45) is 0 Å². The van der Waals surface area contributed by atoms with Crippen molar-refractivity contribution in [1.82, 2.24) is 9.55 Å². The van der Waals surface area contributed by atoms with Crippen molar-refractivity contribution in [1.29, 1.82) is 0 Å². The Morgan fingerprint density at radius 2 is 2.22 bits per heavy atom. The monoisotopic (exact) mass is 265 g/mol. The number of rotatable bonds is 4. The quantitative estimate of drug-likeness (QED) is 0.811. The number of aromatic nitrogens is 2. The molecule has 0 bridgehead atoms. The number of carboxylic acid groups (broad SMARTS) is 1. The first-order valence-corrected chi connectivity index (χ1v) is 6.47. The van der Waals surface area contributed by atoms with E-state index in [4.69, 9.17) is 0 Å². The highest BCUT2D eigenvalue weighted by Gasteiger charge is 2.11. The smallest absolute Gasteiger partial charge is 0.262 e. The second-order valence-electron chi connectivity index (χ2n) is 4.18. The van der Waals surface area contributed by atoms with Gasteiger partial charge in [-0.05, 0) is 32.3 Å². The summed E-state index contributed by atoms with van der Waals surface area (Å²) < 4.78 is 1.46. The van der Waals surface area contributed by atoms with E-state index in [1.807, 2.05) is 13.8 Å². The molecule has 0 aliphatic heterocycles. The molecule has 0 saturated heterocycles. The van der Waals surface area contributed by atoms with Crippen LogP contribution in [-0.4, -0.2) is 15.5 Å². The van der Waals surface area contributed by atoms with E-state index < -0.39 is 5.97 Å². The number of hydrogen-bond acceptors (Lipinski definition) is 5. The summed E-state index contributed by atoms with van der Waals surface area (Å²) in [5.74, 6) is -1.10. The number of carbonyl (C=O) groups is 1. The van der Waals surface area contributed by atoms with E-state index in [2.05, 4.69) is 4.98 Å². The zero-order chi connectivity index (χ0) is 13.3. The molecular formula is C12H13N2O3S-. The first kappa shape index (κ1) is 12.8. The lowest BCUT2D eigenvalue weighted by molar-refractivity contribution is -0.305. The molecule has 0 aliphatic carbocycles. The predicted octanol–water partition coefficient (Wildman–Crippen LogP) is 0.605. The van der Waals surface area contributed by atoms with E-state index in [0.717, 1.165) is 15.3 Å². The van der Waals surface area contributed by atoms with Crippen molar-refractivity contribution in [3.05, 3.63) is 27.1 Å². The average Bonchev–Trinajstić information content (AvgIpc) is 2.58. The van der Waals surface area contributed by atoms with Crippen LogP contribution >= 0.6 is 11.3 Å². The van der Waals surface area contributed by atoms with Crippen molar-refractivity contribution in [3.63, 3.8) is 0 Å². The highest BCUT2D eigenvalue weighted by molar-refractivity contribution is 7.18. The molecule has 0 aromatic carbocycles. The summed E-state index contributed by atoms with van der Waals surface area (Å²) >= 11 is 1.50. The molecule has 0 saturated carbocycles. The Bertz CT molecular complexity index is 657. The number of aryl methyl sites for hydroxylation is 3. The van der Waals surface area contributed by atoms with Crippen LogP contribution in [0.1, 0.15) is 23.3 Å². The fourth-order valence-corrected chi connectivity index (χ4v) is 2.81. The van der Waals surface area contributed by atoms with Crippen molar-refractivity contribution >= 4 is 27.5 Å². The number of aliphatic carboxylic acids is 1. The average molecular weight is 265 g/mol. The van der Waals surface area contributed by atoms with Crippen LogP contribution in [0.5, 0.6) is 0 Å². The number of fused-ring (bicyclic) bond motifs is 1. The minimum absolute atomic E-state index is 0.0495. The SMILES string of the molecule is Cc1sc2ncn(CCCC(=O)[O-])c(=O)c2c1C. The van der Waals surface area contributed by atoms with Crippen LogP contribution in [0.15, 0.2) is 11.1 Å². The van der Waals surface area contributed by atoms with E-state index in [-0.39, 0.29) is 12.0 Å². The fraction of sp³-hybridized carbons (Fsp3) is 0.417. The van der Waals surface area contributed by atoms with Gasteiger partial charge >= 0.3 is 0 Å². The van der Waals surface area contributed by atoms with Crippen LogP contribution in [0.2, 0.25) is 0 Å². The van der Waals surface area contributed by atoms with Gasteiger partial charge in [-0.3, -0.25) is 9.36 Å². The maximum atomic E-state index is 12.2. The van der Waals surface area contributed by atoms with Gasteiger partial charge in [-0.25, -0.2) is 4.98 Å². The largest absolute Gasteiger partial charge is 0.550 e. The lowest BCUT2D eigenvalue weighted by Crippen LogP contribution is -2.24. The molecule has 0 radical (unpaired) electrons. The van der Waals surface area contributed by atoms with Gasteiger partial charge in [0.05, 0.1) is 11.7 Å². The van der Waals surface area contributed by atoms with Crippen molar-refractivity contribution in [3.8, 4) is 0 Å². The summed E-state index contributed by atoms with van der Waals surface area (Å²) in [7, 11) is 0. The van der Waals surface area contributed by atoms with Crippen LogP contribution in [-0.2, 0) is 11.3 Å². The molecule has 5 nitrogen and oxygen atoms in total. The number of nitrogens with zero attached hydrogens (tertiary/aromatic N) is 2. The van der Waals surface area contributed by atoms with E-state index in [1.54, 1.807) is 0 Å². The van der Waals surface area contributed by atoms with Crippen LogP contribution < -0.4 is 10.7 Å². The number of carboxylic acids is 1. The Morgan fingerprint density at radius 3 is 2.89 bits per heavy atom. The minimum atomic E-state index is -1.10. The third kappa shape index (κ3) is 2.28. The molecule has 0 atom stereocenters. The van der Waals surface area contributed by atoms with Crippen LogP contribution in [0.25, 0.3) is 10.2 Å². The van der Waals surface area contributed by atoms with E-state index in [0.29, 0.717) is 18.4 Å². The van der Waals surface area contributed by atoms with E-state index in [9.17, 15) is 14.7 Å². The number of thiophene rings is 1. The molecule has 0 fully saturated rings. The molecule has 6 heteroatoms. The molecule has 0 amide bonds. The molecule has 0 unspecified atom stereocenters. The second-order valence-corrected chi connectivity index (χ2v) is 5.39. The van der Waals surface area contributed by atoms with Crippen LogP contribution in [0.4, 0.5) is 0 Å². The molecule has 18 heavy (non-hydrogen) atoms. The van der Waals surface area contributed by atoms with Crippen LogP contribution in [0, 0.1) is 13.8 Å². The Labute approximate surface area is 108 Å². The Kier molecular flexibility index (Phi) is 3.47. The molecule has 0 N–H and O–H groups in total. The first-order valence-electron chi connectivity index (χ1n) is 5.65. The van der Waals surface area contributed by atoms with Gasteiger partial charge < -0.3 is 9.90 Å². The van der Waals surface area contributed by atoms with Gasteiger partial charge in [-0.2, -0.15) is 0 Å². The lowest BCUT2D eigenvalue weighted by atomic mass is 10.2. The molecule has 0 spiro atoms. The molecule has 2 aromatic heterocycles. The maximum absolute atomic E-state index is 12.2. The van der Waals surface area contributed by atoms with Gasteiger partial charge in [0.2, 0.25) is 0 Å². The third-order valence-electron chi connectivity index (χ3n) is 2.94. The van der Waals surface area contributed by atoms with Crippen molar-refractivity contribution < 1.29 is 9.90 Å². The fourth-order valence-electron chi connectivity index (χ4n) is 1.82. The molecule has 2 heterocycles. The zero-order valence-electron chi connectivity index (χ0n) is 10.2. The summed E-state index contributed by atoms with van der Waals surface area (Å²) in [5.41, 5.74) is 0.863. The summed E-state index contributed by atoms with van der Waals surface area (Å²) in [4.78, 5) is 28.6. The molecule has 0 aliphatic rings. The molecule has 2 rings (SSSR count). The number of carbonyl (C=O) groups excluding carboxylic acids is 1. The van der Waals surface area contributed by atoms with Crippen molar-refractivity contribution in [2.45, 2.75) is 33.2 Å². The Hall–Kier alpha value is -1.69. The predicted molar refractivity (Wildman–Crippen MR) is 67.6 cm³/mol. The summed E-state index contributed by atoms with van der Waals surface area (Å²) in [6, 6.07) is 0. The second kappa shape index (κ2) is 4.89. The van der Waals surface area contributed by atoms with Gasteiger partial charge in [0.1, 0.15) is 4.83 Å². The minimum Gasteiger partial charge on any atom is -0.550 e. The summed E-state index contributed by atoms with van der Waals surface area (Å²) in [5, 5.41) is 11.0. The molecule has 2 aromatic rings. The molecule has 96 valence electrons. The topological polar surface area (TPSA) is 75.0 Å². The lowest BCUT2D eigenvalue weighted by Gasteiger charge is -2.05. The van der Waals surface area contributed by atoms with Crippen molar-refractivity contribution in [2.75, 3.05) is 0 Å². The van der Waals surface area contributed by atoms with Gasteiger partial charge in [0.15, 0.2) is 0 Å². The van der Waals surface area contributed by atoms with Crippen LogP contribution in [0.3, 0.4) is 0 Å². The first-order chi connectivity index (χ1) is 8.50. The molecular weight excluding hydrogens is 252 g/mol. The van der Waals surface area contributed by atoms with Gasteiger partial charge in [0, 0.05) is 17.4 Å². The summed E-state index contributed by atoms with van der Waals surface area (Å²) in [6.07, 6.45) is 1.80. The maximum Gasteiger partial charge on any atom is 0.262 e.